The van der Waals surface area contributed by atoms with Gasteiger partial charge in [-0.25, -0.2) is 0 Å². The van der Waals surface area contributed by atoms with Crippen molar-refractivity contribution in [2.45, 2.75) is 20.3 Å². The summed E-state index contributed by atoms with van der Waals surface area (Å²) in [5.74, 6) is -0.172. The number of carbonyl (C=O) groups is 1. The molecule has 0 spiro atoms. The Morgan fingerprint density at radius 2 is 2.15 bits per heavy atom. The Morgan fingerprint density at radius 3 is 2.85 bits per heavy atom. The lowest BCUT2D eigenvalue weighted by molar-refractivity contribution is -0.124. The fourth-order valence-electron chi connectivity index (χ4n) is 2.43. The first-order valence-corrected chi connectivity index (χ1v) is 6.98. The van der Waals surface area contributed by atoms with Crippen LogP contribution in [-0.2, 0) is 11.2 Å². The number of para-hydroxylation sites is 1. The van der Waals surface area contributed by atoms with Gasteiger partial charge in [-0.1, -0.05) is 18.2 Å². The molecule has 2 rings (SSSR count). The summed E-state index contributed by atoms with van der Waals surface area (Å²) in [6.07, 6.45) is 0.645. The Labute approximate surface area is 119 Å². The average molecular weight is 271 g/mol. The zero-order valence-electron chi connectivity index (χ0n) is 12.0. The number of hydrogen-bond donors (Lipinski definition) is 2. The quantitative estimate of drug-likeness (QED) is 0.871. The monoisotopic (exact) mass is 271 g/mol. The molecule has 0 aliphatic heterocycles. The Balaban J connectivity index is 2.34. The minimum Gasteiger partial charge on any atom is -0.356 e. The summed E-state index contributed by atoms with van der Waals surface area (Å²) in [6.45, 7) is 4.87. The standard InChI is InChI=1S/C16H21N3O/c1-3-18-16(20)13(10-17)9-12-8-11(2)19-15-7-5-4-6-14(12)15/h4-8,13H,3,9-10,17H2,1-2H3,(H,18,20). The van der Waals surface area contributed by atoms with Gasteiger partial charge in [-0.15, -0.1) is 0 Å². The van der Waals surface area contributed by atoms with Gasteiger partial charge in [0.2, 0.25) is 5.91 Å². The summed E-state index contributed by atoms with van der Waals surface area (Å²) in [7, 11) is 0. The average Bonchev–Trinajstić information content (AvgIpc) is 2.44. The molecular weight excluding hydrogens is 250 g/mol. The number of amides is 1. The molecule has 1 heterocycles. The predicted octanol–water partition coefficient (Wildman–Crippen LogP) is 1.80. The SMILES string of the molecule is CCNC(=O)C(CN)Cc1cc(C)nc2ccccc12. The first-order valence-electron chi connectivity index (χ1n) is 6.98. The molecule has 4 nitrogen and oxygen atoms in total. The summed E-state index contributed by atoms with van der Waals surface area (Å²) < 4.78 is 0. The van der Waals surface area contributed by atoms with Crippen LogP contribution in [0.15, 0.2) is 30.3 Å². The molecule has 0 bridgehead atoms. The molecule has 20 heavy (non-hydrogen) atoms. The maximum absolute atomic E-state index is 12.0. The molecule has 0 aliphatic carbocycles. The normalized spacial score (nSPS) is 12.3. The van der Waals surface area contributed by atoms with Gasteiger partial charge in [0.1, 0.15) is 0 Å². The Bertz CT molecular complexity index is 610. The maximum Gasteiger partial charge on any atom is 0.224 e. The number of nitrogens with zero attached hydrogens (tertiary/aromatic N) is 1. The van der Waals surface area contributed by atoms with Crippen LogP contribution in [0.4, 0.5) is 0 Å². The van der Waals surface area contributed by atoms with Crippen LogP contribution < -0.4 is 11.1 Å². The van der Waals surface area contributed by atoms with Crippen molar-refractivity contribution in [3.8, 4) is 0 Å². The van der Waals surface area contributed by atoms with Gasteiger partial charge in [-0.3, -0.25) is 9.78 Å². The Kier molecular flexibility index (Phi) is 4.69. The zero-order chi connectivity index (χ0) is 14.5. The lowest BCUT2D eigenvalue weighted by Crippen LogP contribution is -2.36. The van der Waals surface area contributed by atoms with Gasteiger partial charge in [0, 0.05) is 24.2 Å². The van der Waals surface area contributed by atoms with Crippen LogP contribution in [0.3, 0.4) is 0 Å². The van der Waals surface area contributed by atoms with Crippen molar-refractivity contribution in [2.24, 2.45) is 11.7 Å². The summed E-state index contributed by atoms with van der Waals surface area (Å²) >= 11 is 0. The van der Waals surface area contributed by atoms with Gasteiger partial charge in [-0.2, -0.15) is 0 Å². The lowest BCUT2D eigenvalue weighted by atomic mass is 9.95. The molecule has 0 saturated carbocycles. The topological polar surface area (TPSA) is 68.0 Å². The van der Waals surface area contributed by atoms with Gasteiger partial charge >= 0.3 is 0 Å². The molecule has 1 aromatic carbocycles. The van der Waals surface area contributed by atoms with E-state index >= 15 is 0 Å². The molecular formula is C16H21N3O. The number of fused-ring (bicyclic) bond motifs is 1. The second kappa shape index (κ2) is 6.48. The molecule has 4 heteroatoms. The van der Waals surface area contributed by atoms with E-state index in [1.807, 2.05) is 44.2 Å². The van der Waals surface area contributed by atoms with E-state index in [4.69, 9.17) is 5.73 Å². The molecule has 3 N–H and O–H groups in total. The minimum atomic E-state index is -0.194. The van der Waals surface area contributed by atoms with Crippen molar-refractivity contribution < 1.29 is 4.79 Å². The van der Waals surface area contributed by atoms with Crippen LogP contribution in [0, 0.1) is 12.8 Å². The fourth-order valence-corrected chi connectivity index (χ4v) is 2.43. The van der Waals surface area contributed by atoms with E-state index in [9.17, 15) is 4.79 Å². The van der Waals surface area contributed by atoms with Crippen LogP contribution in [0.25, 0.3) is 10.9 Å². The van der Waals surface area contributed by atoms with Crippen LogP contribution in [0.1, 0.15) is 18.2 Å². The number of aryl methyl sites for hydroxylation is 1. The summed E-state index contributed by atoms with van der Waals surface area (Å²) in [5.41, 5.74) is 8.82. The molecule has 1 aromatic heterocycles. The second-order valence-corrected chi connectivity index (χ2v) is 4.97. The minimum absolute atomic E-state index is 0.0218. The summed E-state index contributed by atoms with van der Waals surface area (Å²) in [5, 5.41) is 3.94. The number of carbonyl (C=O) groups excluding carboxylic acids is 1. The number of pyridine rings is 1. The highest BCUT2D eigenvalue weighted by molar-refractivity contribution is 5.84. The molecule has 1 amide bonds. The summed E-state index contributed by atoms with van der Waals surface area (Å²) in [6, 6.07) is 10.1. The molecule has 0 saturated heterocycles. The van der Waals surface area contributed by atoms with E-state index in [-0.39, 0.29) is 11.8 Å². The van der Waals surface area contributed by atoms with Crippen molar-refractivity contribution in [3.05, 3.63) is 41.6 Å². The second-order valence-electron chi connectivity index (χ2n) is 4.97. The number of aromatic nitrogens is 1. The number of hydrogen-bond acceptors (Lipinski definition) is 3. The lowest BCUT2D eigenvalue weighted by Gasteiger charge is -2.16. The van der Waals surface area contributed by atoms with E-state index in [0.29, 0.717) is 19.5 Å². The van der Waals surface area contributed by atoms with E-state index in [2.05, 4.69) is 10.3 Å². The first-order chi connectivity index (χ1) is 9.65. The third-order valence-corrected chi connectivity index (χ3v) is 3.40. The van der Waals surface area contributed by atoms with Gasteiger partial charge in [0.05, 0.1) is 11.4 Å². The molecule has 1 unspecified atom stereocenters. The van der Waals surface area contributed by atoms with Gasteiger partial charge in [0.15, 0.2) is 0 Å². The fraction of sp³-hybridized carbons (Fsp3) is 0.375. The highest BCUT2D eigenvalue weighted by atomic mass is 16.1. The number of benzene rings is 1. The van der Waals surface area contributed by atoms with Gasteiger partial charge in [0.25, 0.3) is 0 Å². The van der Waals surface area contributed by atoms with Crippen molar-refractivity contribution >= 4 is 16.8 Å². The van der Waals surface area contributed by atoms with Crippen LogP contribution in [0.5, 0.6) is 0 Å². The van der Waals surface area contributed by atoms with E-state index < -0.39 is 0 Å². The largest absolute Gasteiger partial charge is 0.356 e. The number of nitrogens with two attached hydrogens (primary N) is 1. The Hall–Kier alpha value is -1.94. The van der Waals surface area contributed by atoms with Gasteiger partial charge in [-0.05, 0) is 38.0 Å². The number of nitrogens with one attached hydrogen (secondary N) is 1. The van der Waals surface area contributed by atoms with Crippen LogP contribution in [-0.4, -0.2) is 24.0 Å². The zero-order valence-corrected chi connectivity index (χ0v) is 12.0. The van der Waals surface area contributed by atoms with Crippen LogP contribution >= 0.6 is 0 Å². The van der Waals surface area contributed by atoms with E-state index in [0.717, 1.165) is 22.2 Å². The van der Waals surface area contributed by atoms with E-state index in [1.165, 1.54) is 0 Å². The molecule has 0 aliphatic rings. The highest BCUT2D eigenvalue weighted by Gasteiger charge is 2.18. The third-order valence-electron chi connectivity index (χ3n) is 3.40. The number of rotatable bonds is 5. The van der Waals surface area contributed by atoms with Crippen molar-refractivity contribution in [3.63, 3.8) is 0 Å². The predicted molar refractivity (Wildman–Crippen MR) is 81.4 cm³/mol. The molecule has 2 aromatic rings. The first kappa shape index (κ1) is 14.5. The molecule has 0 radical (unpaired) electrons. The highest BCUT2D eigenvalue weighted by Crippen LogP contribution is 2.21. The maximum atomic E-state index is 12.0. The third kappa shape index (κ3) is 3.14. The molecule has 106 valence electrons. The van der Waals surface area contributed by atoms with Gasteiger partial charge < -0.3 is 11.1 Å². The Morgan fingerprint density at radius 1 is 1.40 bits per heavy atom. The van der Waals surface area contributed by atoms with E-state index in [1.54, 1.807) is 0 Å². The van der Waals surface area contributed by atoms with Crippen molar-refractivity contribution in [2.75, 3.05) is 13.1 Å². The molecule has 0 fully saturated rings. The van der Waals surface area contributed by atoms with Crippen molar-refractivity contribution in [1.29, 1.82) is 0 Å². The molecule has 1 atom stereocenters. The smallest absolute Gasteiger partial charge is 0.224 e. The van der Waals surface area contributed by atoms with Crippen LogP contribution in [0.2, 0.25) is 0 Å². The van der Waals surface area contributed by atoms with Crippen molar-refractivity contribution in [1.82, 2.24) is 10.3 Å². The summed E-state index contributed by atoms with van der Waals surface area (Å²) in [4.78, 5) is 16.5.